The number of halogens is 2. The second-order valence-corrected chi connectivity index (χ2v) is 9.79. The molecule has 0 fully saturated rings. The first-order valence-corrected chi connectivity index (χ1v) is 11.5. The molecule has 3 nitrogen and oxygen atoms in total. The van der Waals surface area contributed by atoms with Crippen molar-refractivity contribution in [1.29, 1.82) is 0 Å². The third-order valence-electron chi connectivity index (χ3n) is 5.65. The fourth-order valence-electron chi connectivity index (χ4n) is 3.99. The predicted molar refractivity (Wildman–Crippen MR) is 132 cm³/mol. The summed E-state index contributed by atoms with van der Waals surface area (Å²) >= 11 is 3.59. The number of rotatable bonds is 5. The van der Waals surface area contributed by atoms with Crippen LogP contribution in [-0.4, -0.2) is 17.2 Å². The van der Waals surface area contributed by atoms with Gasteiger partial charge in [-0.25, -0.2) is 4.39 Å². The van der Waals surface area contributed by atoms with E-state index in [1.807, 2.05) is 26.8 Å². The van der Waals surface area contributed by atoms with Crippen molar-refractivity contribution in [2.75, 3.05) is 0 Å². The van der Waals surface area contributed by atoms with Gasteiger partial charge in [0.15, 0.2) is 11.6 Å². The van der Waals surface area contributed by atoms with Crippen LogP contribution in [0.1, 0.15) is 63.7 Å². The second kappa shape index (κ2) is 8.71. The summed E-state index contributed by atoms with van der Waals surface area (Å²) in [6, 6.07) is 16.1. The maximum Gasteiger partial charge on any atom is 0.167 e. The molecule has 0 saturated carbocycles. The van der Waals surface area contributed by atoms with Crippen molar-refractivity contribution in [3.8, 4) is 5.75 Å². The molecule has 5 heteroatoms. The maximum atomic E-state index is 14.2. The summed E-state index contributed by atoms with van der Waals surface area (Å²) in [5, 5.41) is 0. The van der Waals surface area contributed by atoms with Crippen molar-refractivity contribution in [3.63, 3.8) is 0 Å². The number of carbonyl (C=O) groups excluding carboxylic acids is 2. The molecule has 33 heavy (non-hydrogen) atoms. The minimum absolute atomic E-state index is 0.0235. The number of ketones is 2. The largest absolute Gasteiger partial charge is 0.482 e. The van der Waals surface area contributed by atoms with E-state index in [4.69, 9.17) is 4.74 Å². The van der Waals surface area contributed by atoms with Crippen LogP contribution in [0.5, 0.6) is 5.75 Å². The number of fused-ring (bicyclic) bond motifs is 1. The van der Waals surface area contributed by atoms with Crippen molar-refractivity contribution < 1.29 is 18.7 Å². The fraction of sp³-hybridized carbons (Fsp3) is 0.214. The highest BCUT2D eigenvalue weighted by atomic mass is 79.9. The van der Waals surface area contributed by atoms with Gasteiger partial charge in [0.2, 0.25) is 0 Å². The smallest absolute Gasteiger partial charge is 0.167 e. The fourth-order valence-corrected chi connectivity index (χ4v) is 4.53. The van der Waals surface area contributed by atoms with Gasteiger partial charge in [-0.3, -0.25) is 9.59 Å². The molecule has 0 spiro atoms. The standard InChI is InChI=1S/C28H24BrFO3/c1-16-5-8-19(9-6-16)23-15-28(3,4)33-27-22(23)13-20(14-24(27)29)26(32)12-18-7-10-21(17(2)31)25(30)11-18/h5-11,13-15H,12H2,1-4H3. The van der Waals surface area contributed by atoms with Gasteiger partial charge in [0.05, 0.1) is 10.0 Å². The van der Waals surface area contributed by atoms with Gasteiger partial charge in [0.1, 0.15) is 17.2 Å². The summed E-state index contributed by atoms with van der Waals surface area (Å²) in [7, 11) is 0. The predicted octanol–water partition coefficient (Wildman–Crippen LogP) is 7.13. The number of benzene rings is 3. The molecule has 3 aromatic carbocycles. The summed E-state index contributed by atoms with van der Waals surface area (Å²) in [6.45, 7) is 7.35. The van der Waals surface area contributed by atoms with E-state index in [2.05, 4.69) is 46.3 Å². The minimum Gasteiger partial charge on any atom is -0.482 e. The van der Waals surface area contributed by atoms with E-state index in [1.54, 1.807) is 12.1 Å². The monoisotopic (exact) mass is 506 g/mol. The Balaban J connectivity index is 1.72. The van der Waals surface area contributed by atoms with Gasteiger partial charge in [-0.15, -0.1) is 0 Å². The molecule has 0 amide bonds. The van der Waals surface area contributed by atoms with Crippen molar-refractivity contribution in [3.05, 3.63) is 104 Å². The summed E-state index contributed by atoms with van der Waals surface area (Å²) in [4.78, 5) is 24.6. The third-order valence-corrected chi connectivity index (χ3v) is 6.24. The Morgan fingerprint density at radius 3 is 2.36 bits per heavy atom. The van der Waals surface area contributed by atoms with Crippen LogP contribution in [-0.2, 0) is 6.42 Å². The highest BCUT2D eigenvalue weighted by molar-refractivity contribution is 9.10. The van der Waals surface area contributed by atoms with Crippen molar-refractivity contribution in [1.82, 2.24) is 0 Å². The average molecular weight is 507 g/mol. The Labute approximate surface area is 201 Å². The molecule has 0 radical (unpaired) electrons. The van der Waals surface area contributed by atoms with Gasteiger partial charge in [0.25, 0.3) is 0 Å². The van der Waals surface area contributed by atoms with Crippen molar-refractivity contribution >= 4 is 33.1 Å². The van der Waals surface area contributed by atoms with Crippen LogP contribution in [0.2, 0.25) is 0 Å². The van der Waals surface area contributed by atoms with E-state index < -0.39 is 11.4 Å². The van der Waals surface area contributed by atoms with Crippen molar-refractivity contribution in [2.24, 2.45) is 0 Å². The van der Waals surface area contributed by atoms with E-state index in [0.717, 1.165) is 16.7 Å². The topological polar surface area (TPSA) is 43.4 Å². The highest BCUT2D eigenvalue weighted by Gasteiger charge is 2.30. The maximum absolute atomic E-state index is 14.2. The van der Waals surface area contributed by atoms with Gasteiger partial charge in [-0.2, -0.15) is 0 Å². The summed E-state index contributed by atoms with van der Waals surface area (Å²) in [6.07, 6.45) is 2.09. The zero-order valence-electron chi connectivity index (χ0n) is 19.0. The third kappa shape index (κ3) is 4.83. The molecule has 3 aromatic rings. The molecule has 0 bridgehead atoms. The van der Waals surface area contributed by atoms with Crippen LogP contribution in [0.4, 0.5) is 4.39 Å². The number of aryl methyl sites for hydroxylation is 1. The molecule has 0 unspecified atom stereocenters. The molecular weight excluding hydrogens is 483 g/mol. The molecule has 0 N–H and O–H groups in total. The lowest BCUT2D eigenvalue weighted by molar-refractivity contribution is 0.0990. The van der Waals surface area contributed by atoms with Crippen LogP contribution in [0.3, 0.4) is 0 Å². The van der Waals surface area contributed by atoms with Crippen LogP contribution >= 0.6 is 15.9 Å². The van der Waals surface area contributed by atoms with Gasteiger partial charge < -0.3 is 4.74 Å². The van der Waals surface area contributed by atoms with Crippen LogP contribution < -0.4 is 4.74 Å². The van der Waals surface area contributed by atoms with E-state index in [-0.39, 0.29) is 23.6 Å². The Kier molecular flexibility index (Phi) is 6.10. The molecule has 168 valence electrons. The highest BCUT2D eigenvalue weighted by Crippen LogP contribution is 2.44. The average Bonchev–Trinajstić information content (AvgIpc) is 2.73. The van der Waals surface area contributed by atoms with Crippen LogP contribution in [0.15, 0.2) is 65.1 Å². The summed E-state index contributed by atoms with van der Waals surface area (Å²) in [5.41, 5.74) is 4.55. The Morgan fingerprint density at radius 2 is 1.73 bits per heavy atom. The summed E-state index contributed by atoms with van der Waals surface area (Å²) in [5.74, 6) is -0.421. The van der Waals surface area contributed by atoms with Gasteiger partial charge in [-0.05, 0) is 90.7 Å². The second-order valence-electron chi connectivity index (χ2n) is 8.93. The number of carbonyl (C=O) groups is 2. The van der Waals surface area contributed by atoms with Gasteiger partial charge >= 0.3 is 0 Å². The minimum atomic E-state index is -0.611. The first kappa shape index (κ1) is 23.1. The zero-order valence-corrected chi connectivity index (χ0v) is 20.5. The van der Waals surface area contributed by atoms with E-state index >= 15 is 0 Å². The first-order chi connectivity index (χ1) is 15.5. The Bertz CT molecular complexity index is 1300. The van der Waals surface area contributed by atoms with Crippen LogP contribution in [0, 0.1) is 12.7 Å². The molecule has 0 atom stereocenters. The molecular formula is C28H24BrFO3. The molecule has 1 aliphatic rings. The van der Waals surface area contributed by atoms with Crippen molar-refractivity contribution in [2.45, 2.75) is 39.7 Å². The molecule has 0 saturated heterocycles. The Morgan fingerprint density at radius 1 is 1.03 bits per heavy atom. The van der Waals surface area contributed by atoms with E-state index in [1.165, 1.54) is 24.6 Å². The molecule has 0 aromatic heterocycles. The first-order valence-electron chi connectivity index (χ1n) is 10.7. The quantitative estimate of drug-likeness (QED) is 0.345. The number of ether oxygens (including phenoxy) is 1. The Hall–Kier alpha value is -3.05. The van der Waals surface area contributed by atoms with Crippen LogP contribution in [0.25, 0.3) is 5.57 Å². The lowest BCUT2D eigenvalue weighted by Gasteiger charge is -2.32. The molecule has 0 aliphatic carbocycles. The zero-order chi connectivity index (χ0) is 23.9. The number of Topliss-reactive ketones (excluding diaryl/α,β-unsaturated/α-hetero) is 2. The van der Waals surface area contributed by atoms with Gasteiger partial charge in [0, 0.05) is 17.5 Å². The SMILES string of the molecule is CC(=O)c1ccc(CC(=O)c2cc(Br)c3c(c2)C(c2ccc(C)cc2)=CC(C)(C)O3)cc1F. The molecule has 4 rings (SSSR count). The lowest BCUT2D eigenvalue weighted by atomic mass is 9.88. The molecule has 1 heterocycles. The molecule has 1 aliphatic heterocycles. The van der Waals surface area contributed by atoms with E-state index in [0.29, 0.717) is 21.3 Å². The lowest BCUT2D eigenvalue weighted by Crippen LogP contribution is -2.29. The number of hydrogen-bond donors (Lipinski definition) is 0. The normalized spacial score (nSPS) is 14.2. The van der Waals surface area contributed by atoms with E-state index in [9.17, 15) is 14.0 Å². The van der Waals surface area contributed by atoms with Gasteiger partial charge in [-0.1, -0.05) is 35.9 Å². The number of hydrogen-bond acceptors (Lipinski definition) is 3. The summed E-state index contributed by atoms with van der Waals surface area (Å²) < 4.78 is 21.1.